The standard InChI is InChI=1S/C25H25N3O2S/c1-17-3-5-19(6-4-17)16-28-13-14-31-24-12-7-20(15-23(24)28)25(30)27-22-10-8-21(9-11-22)26-18(2)29/h3-12,15H,13-14,16H2,1-2H3,(H,26,29)(H,27,30). The Hall–Kier alpha value is -3.25. The molecule has 0 aliphatic carbocycles. The normalized spacial score (nSPS) is 12.8. The summed E-state index contributed by atoms with van der Waals surface area (Å²) in [6.45, 7) is 5.33. The summed E-state index contributed by atoms with van der Waals surface area (Å²) < 4.78 is 0. The Morgan fingerprint density at radius 2 is 1.61 bits per heavy atom. The van der Waals surface area contributed by atoms with E-state index in [0.29, 0.717) is 16.9 Å². The van der Waals surface area contributed by atoms with E-state index in [1.165, 1.54) is 22.9 Å². The second-order valence-electron chi connectivity index (χ2n) is 7.65. The first-order chi connectivity index (χ1) is 15.0. The van der Waals surface area contributed by atoms with E-state index >= 15 is 0 Å². The average Bonchev–Trinajstić information content (AvgIpc) is 2.76. The maximum Gasteiger partial charge on any atom is 0.255 e. The molecule has 0 radical (unpaired) electrons. The third-order valence-corrected chi connectivity index (χ3v) is 6.18. The van der Waals surface area contributed by atoms with Gasteiger partial charge in [0.05, 0.1) is 5.69 Å². The summed E-state index contributed by atoms with van der Waals surface area (Å²) in [5.41, 5.74) is 5.62. The van der Waals surface area contributed by atoms with Crippen molar-refractivity contribution in [1.29, 1.82) is 0 Å². The van der Waals surface area contributed by atoms with Crippen LogP contribution in [0.2, 0.25) is 0 Å². The number of amides is 2. The lowest BCUT2D eigenvalue weighted by Crippen LogP contribution is -2.29. The van der Waals surface area contributed by atoms with E-state index in [1.54, 1.807) is 24.3 Å². The molecule has 0 fully saturated rings. The van der Waals surface area contributed by atoms with Gasteiger partial charge in [0.25, 0.3) is 5.91 Å². The maximum absolute atomic E-state index is 12.9. The third kappa shape index (κ3) is 5.27. The molecule has 3 aromatic rings. The van der Waals surface area contributed by atoms with Gasteiger partial charge in [0.15, 0.2) is 0 Å². The topological polar surface area (TPSA) is 61.4 Å². The largest absolute Gasteiger partial charge is 0.365 e. The predicted octanol–water partition coefficient (Wildman–Crippen LogP) is 5.32. The molecule has 158 valence electrons. The number of fused-ring (bicyclic) bond motifs is 1. The van der Waals surface area contributed by atoms with Crippen LogP contribution in [0.15, 0.2) is 71.6 Å². The zero-order valence-electron chi connectivity index (χ0n) is 17.6. The fraction of sp³-hybridized carbons (Fsp3) is 0.200. The highest BCUT2D eigenvalue weighted by atomic mass is 32.2. The number of hydrogen-bond donors (Lipinski definition) is 2. The fourth-order valence-electron chi connectivity index (χ4n) is 3.54. The number of aryl methyl sites for hydroxylation is 1. The number of nitrogens with zero attached hydrogens (tertiary/aromatic N) is 1. The smallest absolute Gasteiger partial charge is 0.255 e. The van der Waals surface area contributed by atoms with Crippen LogP contribution < -0.4 is 15.5 Å². The Morgan fingerprint density at radius 1 is 0.935 bits per heavy atom. The number of benzene rings is 3. The van der Waals surface area contributed by atoms with Gasteiger partial charge < -0.3 is 15.5 Å². The highest BCUT2D eigenvalue weighted by Crippen LogP contribution is 2.36. The molecule has 0 bridgehead atoms. The lowest BCUT2D eigenvalue weighted by atomic mass is 10.1. The second-order valence-corrected chi connectivity index (χ2v) is 8.79. The summed E-state index contributed by atoms with van der Waals surface area (Å²) in [4.78, 5) is 27.6. The maximum atomic E-state index is 12.9. The predicted molar refractivity (Wildman–Crippen MR) is 128 cm³/mol. The zero-order chi connectivity index (χ0) is 21.8. The van der Waals surface area contributed by atoms with E-state index in [9.17, 15) is 9.59 Å². The number of nitrogens with one attached hydrogen (secondary N) is 2. The third-order valence-electron chi connectivity index (χ3n) is 5.14. The minimum absolute atomic E-state index is 0.126. The average molecular weight is 432 g/mol. The van der Waals surface area contributed by atoms with Crippen LogP contribution in [0.3, 0.4) is 0 Å². The molecule has 4 rings (SSSR count). The molecule has 5 nitrogen and oxygen atoms in total. The summed E-state index contributed by atoms with van der Waals surface area (Å²) in [6.07, 6.45) is 0. The highest BCUT2D eigenvalue weighted by Gasteiger charge is 2.20. The Labute approximate surface area is 186 Å². The van der Waals surface area contributed by atoms with Gasteiger partial charge in [0, 0.05) is 47.6 Å². The Bertz CT molecular complexity index is 1090. The molecule has 1 heterocycles. The summed E-state index contributed by atoms with van der Waals surface area (Å²) in [5.74, 6) is 0.755. The van der Waals surface area contributed by atoms with Crippen molar-refractivity contribution in [3.05, 3.63) is 83.4 Å². The van der Waals surface area contributed by atoms with E-state index < -0.39 is 0 Å². The van der Waals surface area contributed by atoms with Crippen LogP contribution in [-0.2, 0) is 11.3 Å². The van der Waals surface area contributed by atoms with Crippen molar-refractivity contribution in [2.45, 2.75) is 25.3 Å². The summed E-state index contributed by atoms with van der Waals surface area (Å²) >= 11 is 1.83. The molecular formula is C25H25N3O2S. The van der Waals surface area contributed by atoms with Crippen molar-refractivity contribution in [1.82, 2.24) is 0 Å². The monoisotopic (exact) mass is 431 g/mol. The van der Waals surface area contributed by atoms with Gasteiger partial charge in [-0.2, -0.15) is 0 Å². The van der Waals surface area contributed by atoms with Crippen molar-refractivity contribution in [2.75, 3.05) is 27.8 Å². The number of carbonyl (C=O) groups excluding carboxylic acids is 2. The van der Waals surface area contributed by atoms with Crippen LogP contribution in [0.1, 0.15) is 28.4 Å². The fourth-order valence-corrected chi connectivity index (χ4v) is 4.57. The Morgan fingerprint density at radius 3 is 2.29 bits per heavy atom. The lowest BCUT2D eigenvalue weighted by Gasteiger charge is -2.31. The molecule has 6 heteroatoms. The SMILES string of the molecule is CC(=O)Nc1ccc(NC(=O)c2ccc3c(c2)N(Cc2ccc(C)cc2)CCS3)cc1. The van der Waals surface area contributed by atoms with Gasteiger partial charge in [-0.05, 0) is 55.0 Å². The van der Waals surface area contributed by atoms with Gasteiger partial charge in [-0.25, -0.2) is 0 Å². The molecule has 3 aromatic carbocycles. The van der Waals surface area contributed by atoms with E-state index in [4.69, 9.17) is 0 Å². The van der Waals surface area contributed by atoms with Crippen LogP contribution >= 0.6 is 11.8 Å². The van der Waals surface area contributed by atoms with Crippen LogP contribution in [0.25, 0.3) is 0 Å². The van der Waals surface area contributed by atoms with Crippen molar-refractivity contribution in [3.63, 3.8) is 0 Å². The lowest BCUT2D eigenvalue weighted by molar-refractivity contribution is -0.114. The highest BCUT2D eigenvalue weighted by molar-refractivity contribution is 7.99. The second kappa shape index (κ2) is 9.27. The number of thioether (sulfide) groups is 1. The Balaban J connectivity index is 1.50. The van der Waals surface area contributed by atoms with E-state index in [-0.39, 0.29) is 11.8 Å². The van der Waals surface area contributed by atoms with Gasteiger partial charge in [-0.15, -0.1) is 11.8 Å². The molecule has 1 aliphatic heterocycles. The molecule has 1 aliphatic rings. The van der Waals surface area contributed by atoms with Crippen molar-refractivity contribution >= 4 is 40.6 Å². The first kappa shape index (κ1) is 21.0. The first-order valence-electron chi connectivity index (χ1n) is 10.2. The van der Waals surface area contributed by atoms with Crippen LogP contribution in [0, 0.1) is 6.92 Å². The van der Waals surface area contributed by atoms with Crippen LogP contribution in [-0.4, -0.2) is 24.1 Å². The molecule has 0 aromatic heterocycles. The minimum atomic E-state index is -0.152. The van der Waals surface area contributed by atoms with Crippen LogP contribution in [0.5, 0.6) is 0 Å². The van der Waals surface area contributed by atoms with Gasteiger partial charge in [0.2, 0.25) is 5.91 Å². The molecule has 2 N–H and O–H groups in total. The van der Waals surface area contributed by atoms with E-state index in [2.05, 4.69) is 46.7 Å². The molecule has 0 saturated heterocycles. The Kier molecular flexibility index (Phi) is 6.28. The summed E-state index contributed by atoms with van der Waals surface area (Å²) in [6, 6.07) is 21.6. The van der Waals surface area contributed by atoms with Crippen molar-refractivity contribution in [3.8, 4) is 0 Å². The molecule has 2 amide bonds. The minimum Gasteiger partial charge on any atom is -0.365 e. The molecule has 0 saturated carbocycles. The first-order valence-corrected chi connectivity index (χ1v) is 11.2. The number of hydrogen-bond acceptors (Lipinski definition) is 4. The van der Waals surface area contributed by atoms with Crippen molar-refractivity contribution in [2.24, 2.45) is 0 Å². The quantitative estimate of drug-likeness (QED) is 0.574. The van der Waals surface area contributed by atoms with E-state index in [0.717, 1.165) is 24.5 Å². The summed E-state index contributed by atoms with van der Waals surface area (Å²) in [5, 5.41) is 5.66. The molecule has 0 atom stereocenters. The molecule has 31 heavy (non-hydrogen) atoms. The van der Waals surface area contributed by atoms with Gasteiger partial charge in [-0.3, -0.25) is 9.59 Å². The van der Waals surface area contributed by atoms with Crippen LogP contribution in [0.4, 0.5) is 17.1 Å². The molecular weight excluding hydrogens is 406 g/mol. The number of rotatable bonds is 5. The molecule has 0 unspecified atom stereocenters. The van der Waals surface area contributed by atoms with Gasteiger partial charge in [-0.1, -0.05) is 29.8 Å². The molecule has 0 spiro atoms. The van der Waals surface area contributed by atoms with Gasteiger partial charge in [0.1, 0.15) is 0 Å². The van der Waals surface area contributed by atoms with Crippen molar-refractivity contribution < 1.29 is 9.59 Å². The summed E-state index contributed by atoms with van der Waals surface area (Å²) in [7, 11) is 0. The zero-order valence-corrected chi connectivity index (χ0v) is 18.5. The number of carbonyl (C=O) groups is 2. The van der Waals surface area contributed by atoms with Gasteiger partial charge >= 0.3 is 0 Å². The number of anilines is 3. The van der Waals surface area contributed by atoms with E-state index in [1.807, 2.05) is 30.0 Å².